The van der Waals surface area contributed by atoms with Crippen LogP contribution in [0.3, 0.4) is 0 Å². The Hall–Kier alpha value is -0.780. The van der Waals surface area contributed by atoms with E-state index in [9.17, 15) is 15.1 Å². The average Bonchev–Trinajstić information content (AvgIpc) is 2.95. The molecule has 0 aromatic carbocycles. The van der Waals surface area contributed by atoms with Crippen molar-refractivity contribution in [1.29, 1.82) is 0 Å². The largest absolute Gasteiger partial charge is 0.619 e. The summed E-state index contributed by atoms with van der Waals surface area (Å²) in [6, 6.07) is 0. The van der Waals surface area contributed by atoms with Crippen LogP contribution in [0.1, 0.15) is 91.4 Å². The molecule has 0 aliphatic carbocycles. The molecule has 146 valence electrons. The van der Waals surface area contributed by atoms with Gasteiger partial charge in [0.2, 0.25) is 5.84 Å². The number of carbonyl (C=O) groups excluding carboxylic acids is 1. The Morgan fingerprint density at radius 1 is 1.16 bits per heavy atom. The monoisotopic (exact) mass is 354 g/mol. The molecule has 5 nitrogen and oxygen atoms in total. The van der Waals surface area contributed by atoms with Crippen LogP contribution in [0, 0.1) is 11.1 Å². The van der Waals surface area contributed by atoms with E-state index in [1.165, 1.54) is 51.9 Å². The second-order valence-electron chi connectivity index (χ2n) is 7.62. The Morgan fingerprint density at radius 2 is 1.72 bits per heavy atom. The van der Waals surface area contributed by atoms with E-state index in [4.69, 9.17) is 0 Å². The van der Waals surface area contributed by atoms with Crippen molar-refractivity contribution in [3.63, 3.8) is 0 Å². The molecule has 0 radical (unpaired) electrons. The number of nitrogens with zero attached hydrogens (tertiary/aromatic N) is 2. The highest BCUT2D eigenvalue weighted by atomic mass is 16.6. The van der Waals surface area contributed by atoms with Gasteiger partial charge in [0.25, 0.3) is 0 Å². The number of carbonyl (C=O) groups is 1. The van der Waals surface area contributed by atoms with Crippen molar-refractivity contribution in [2.75, 3.05) is 13.1 Å². The number of unbranched alkanes of at least 4 members (excludes halogenated alkanes) is 8. The summed E-state index contributed by atoms with van der Waals surface area (Å²) in [5.74, 6) is -0.0136. The molecule has 0 saturated heterocycles. The molecule has 0 aromatic heterocycles. The number of hydrogen-bond donors (Lipinski definition) is 1. The van der Waals surface area contributed by atoms with Gasteiger partial charge in [0.05, 0.1) is 25.5 Å². The summed E-state index contributed by atoms with van der Waals surface area (Å²) >= 11 is 0. The Bertz CT molecular complexity index is 423. The molecule has 25 heavy (non-hydrogen) atoms. The summed E-state index contributed by atoms with van der Waals surface area (Å²) in [5, 5.41) is 22.6. The Balaban J connectivity index is 2.38. The second-order valence-corrected chi connectivity index (χ2v) is 7.62. The van der Waals surface area contributed by atoms with Gasteiger partial charge in [-0.15, -0.1) is 0 Å². The molecular formula is C20H38N2O3. The number of aliphatic hydroxyl groups excluding tert-OH is 1. The van der Waals surface area contributed by atoms with E-state index in [1.807, 2.05) is 0 Å². The quantitative estimate of drug-likeness (QED) is 0.299. The van der Waals surface area contributed by atoms with Crippen LogP contribution in [-0.4, -0.2) is 40.7 Å². The fraction of sp³-hybridized carbons (Fsp3) is 0.900. The van der Waals surface area contributed by atoms with Crippen molar-refractivity contribution in [3.8, 4) is 0 Å². The first kappa shape index (κ1) is 22.3. The molecule has 1 rings (SSSR count). The molecule has 3 unspecified atom stereocenters. The minimum atomic E-state index is -0.908. The first-order chi connectivity index (χ1) is 11.9. The van der Waals surface area contributed by atoms with Crippen LogP contribution in [0.4, 0.5) is 0 Å². The third kappa shape index (κ3) is 7.55. The topological polar surface area (TPSA) is 72.7 Å². The van der Waals surface area contributed by atoms with Gasteiger partial charge in [-0.25, -0.2) is 9.79 Å². The third-order valence-electron chi connectivity index (χ3n) is 5.21. The fourth-order valence-electron chi connectivity index (χ4n) is 3.74. The lowest BCUT2D eigenvalue weighted by Crippen LogP contribution is -2.52. The van der Waals surface area contributed by atoms with E-state index < -0.39 is 10.8 Å². The number of rotatable bonds is 13. The van der Waals surface area contributed by atoms with Crippen LogP contribution in [0.2, 0.25) is 0 Å². The normalized spacial score (nSPS) is 22.7. The SMILES string of the molecule is CCCCCCCCCCCC(CC(C)O)C1=NCC[N+]1([O-])C(C)=O. The minimum Gasteiger partial charge on any atom is -0.619 e. The number of quaternary nitrogens is 1. The molecule has 1 heterocycles. The number of aliphatic hydroxyl groups is 1. The maximum absolute atomic E-state index is 12.8. The van der Waals surface area contributed by atoms with E-state index >= 15 is 0 Å². The Morgan fingerprint density at radius 3 is 2.24 bits per heavy atom. The van der Waals surface area contributed by atoms with E-state index in [1.54, 1.807) is 6.92 Å². The number of amides is 1. The van der Waals surface area contributed by atoms with Gasteiger partial charge in [-0.05, 0) is 19.8 Å². The van der Waals surface area contributed by atoms with Gasteiger partial charge in [-0.3, -0.25) is 4.65 Å². The molecule has 0 fully saturated rings. The zero-order chi connectivity index (χ0) is 18.7. The highest BCUT2D eigenvalue weighted by Gasteiger charge is 2.39. The summed E-state index contributed by atoms with van der Waals surface area (Å²) in [7, 11) is 0. The van der Waals surface area contributed by atoms with E-state index in [0.717, 1.165) is 19.3 Å². The smallest absolute Gasteiger partial charge is 0.316 e. The van der Waals surface area contributed by atoms with E-state index in [-0.39, 0.29) is 18.4 Å². The van der Waals surface area contributed by atoms with Gasteiger partial charge in [0, 0.05) is 0 Å². The molecule has 1 amide bonds. The van der Waals surface area contributed by atoms with Crippen LogP contribution in [0.25, 0.3) is 0 Å². The van der Waals surface area contributed by atoms with E-state index in [2.05, 4.69) is 11.9 Å². The highest BCUT2D eigenvalue weighted by Crippen LogP contribution is 2.27. The van der Waals surface area contributed by atoms with Crippen molar-refractivity contribution < 1.29 is 14.5 Å². The third-order valence-corrected chi connectivity index (χ3v) is 5.21. The van der Waals surface area contributed by atoms with Crippen LogP contribution in [0.15, 0.2) is 4.99 Å². The molecule has 0 bridgehead atoms. The summed E-state index contributed by atoms with van der Waals surface area (Å²) in [4.78, 5) is 16.2. The first-order valence-electron chi connectivity index (χ1n) is 10.2. The van der Waals surface area contributed by atoms with Gasteiger partial charge >= 0.3 is 5.91 Å². The minimum absolute atomic E-state index is 0.0755. The van der Waals surface area contributed by atoms with Crippen molar-refractivity contribution in [2.24, 2.45) is 10.9 Å². The predicted molar refractivity (Wildman–Crippen MR) is 103 cm³/mol. The fourth-order valence-corrected chi connectivity index (χ4v) is 3.74. The average molecular weight is 355 g/mol. The molecule has 0 saturated carbocycles. The summed E-state index contributed by atoms with van der Waals surface area (Å²) in [6.45, 7) is 5.98. The Labute approximate surface area is 153 Å². The van der Waals surface area contributed by atoms with Crippen LogP contribution in [-0.2, 0) is 4.79 Å². The Kier molecular flexibility index (Phi) is 10.5. The maximum Gasteiger partial charge on any atom is 0.316 e. The van der Waals surface area contributed by atoms with Crippen molar-refractivity contribution in [3.05, 3.63) is 5.21 Å². The number of hydrogen-bond acceptors (Lipinski definition) is 4. The summed E-state index contributed by atoms with van der Waals surface area (Å²) in [5.41, 5.74) is 0. The van der Waals surface area contributed by atoms with Crippen molar-refractivity contribution >= 4 is 11.7 Å². The van der Waals surface area contributed by atoms with Crippen LogP contribution in [0.5, 0.6) is 0 Å². The first-order valence-corrected chi connectivity index (χ1v) is 10.2. The van der Waals surface area contributed by atoms with E-state index in [0.29, 0.717) is 18.8 Å². The lowest BCUT2D eigenvalue weighted by Gasteiger charge is -2.37. The standard InChI is InChI=1S/C20H38N2O3/c1-4-5-6-7-8-9-10-11-12-13-19(16-17(2)23)20-21-14-15-22(20,25)18(3)24/h17,19,23H,4-16H2,1-3H3. The zero-order valence-electron chi connectivity index (χ0n) is 16.5. The molecule has 1 aliphatic rings. The molecular weight excluding hydrogens is 316 g/mol. The van der Waals surface area contributed by atoms with Crippen LogP contribution >= 0.6 is 0 Å². The van der Waals surface area contributed by atoms with Gasteiger partial charge in [0.15, 0.2) is 0 Å². The van der Waals surface area contributed by atoms with Crippen molar-refractivity contribution in [1.82, 2.24) is 0 Å². The molecule has 0 aromatic rings. The lowest BCUT2D eigenvalue weighted by molar-refractivity contribution is -0.703. The van der Waals surface area contributed by atoms with Crippen LogP contribution < -0.4 is 0 Å². The predicted octanol–water partition coefficient (Wildman–Crippen LogP) is 4.57. The van der Waals surface area contributed by atoms with Gasteiger partial charge in [0.1, 0.15) is 6.54 Å². The second kappa shape index (κ2) is 11.8. The molecule has 5 heteroatoms. The lowest BCUT2D eigenvalue weighted by atomic mass is 9.93. The van der Waals surface area contributed by atoms with Gasteiger partial charge < -0.3 is 10.3 Å². The van der Waals surface area contributed by atoms with Gasteiger partial charge in [-0.1, -0.05) is 64.7 Å². The maximum atomic E-state index is 12.8. The number of aliphatic imine (C=N–C) groups is 1. The zero-order valence-corrected chi connectivity index (χ0v) is 16.5. The molecule has 0 spiro atoms. The molecule has 1 N–H and O–H groups in total. The molecule has 1 aliphatic heterocycles. The number of amidine groups is 1. The molecule has 3 atom stereocenters. The summed E-state index contributed by atoms with van der Waals surface area (Å²) in [6.07, 6.45) is 12.2. The number of hydroxylamine groups is 3. The van der Waals surface area contributed by atoms with Crippen molar-refractivity contribution in [2.45, 2.75) is 97.5 Å². The summed E-state index contributed by atoms with van der Waals surface area (Å²) < 4.78 is -0.908. The van der Waals surface area contributed by atoms with Gasteiger partial charge in [-0.2, -0.15) is 0 Å². The highest BCUT2D eigenvalue weighted by molar-refractivity contribution is 5.89.